The average Bonchev–Trinajstić information content (AvgIpc) is 2.31. The lowest BCUT2D eigenvalue weighted by atomic mass is 9.88. The second kappa shape index (κ2) is 3.77. The third-order valence-electron chi connectivity index (χ3n) is 3.57. The van der Waals surface area contributed by atoms with E-state index >= 15 is 0 Å². The molecule has 0 N–H and O–H groups in total. The number of amides is 1. The van der Waals surface area contributed by atoms with Crippen molar-refractivity contribution in [1.29, 1.82) is 0 Å². The molecular weight excluding hydrogens is 214 g/mol. The van der Waals surface area contributed by atoms with Crippen molar-refractivity contribution in [2.75, 3.05) is 19.3 Å². The lowest BCUT2D eigenvalue weighted by molar-refractivity contribution is -0.134. The van der Waals surface area contributed by atoms with Gasteiger partial charge in [0.2, 0.25) is 5.91 Å². The zero-order valence-corrected chi connectivity index (χ0v) is 9.79. The third kappa shape index (κ3) is 1.89. The van der Waals surface area contributed by atoms with E-state index in [9.17, 15) is 13.2 Å². The molecule has 2 atom stereocenters. The van der Waals surface area contributed by atoms with Gasteiger partial charge in [-0.2, -0.15) is 0 Å². The summed E-state index contributed by atoms with van der Waals surface area (Å²) >= 11 is 0. The summed E-state index contributed by atoms with van der Waals surface area (Å²) in [4.78, 5) is 13.5. The molecule has 2 rings (SSSR count). The molecule has 1 saturated carbocycles. The Balaban J connectivity index is 2.35. The van der Waals surface area contributed by atoms with Crippen molar-refractivity contribution in [3.63, 3.8) is 0 Å². The topological polar surface area (TPSA) is 54.5 Å². The highest BCUT2D eigenvalue weighted by atomic mass is 32.2. The zero-order chi connectivity index (χ0) is 11.1. The van der Waals surface area contributed by atoms with Crippen molar-refractivity contribution in [3.05, 3.63) is 0 Å². The summed E-state index contributed by atoms with van der Waals surface area (Å²) in [7, 11) is -1.35. The average molecular weight is 231 g/mol. The first-order chi connectivity index (χ1) is 7.02. The molecule has 1 amide bonds. The van der Waals surface area contributed by atoms with E-state index in [0.29, 0.717) is 13.0 Å². The van der Waals surface area contributed by atoms with Crippen molar-refractivity contribution < 1.29 is 13.2 Å². The number of hydrogen-bond donors (Lipinski definition) is 0. The van der Waals surface area contributed by atoms with Gasteiger partial charge in [0.05, 0.1) is 16.9 Å². The predicted molar refractivity (Wildman–Crippen MR) is 57.2 cm³/mol. The second-order valence-corrected chi connectivity index (χ2v) is 6.90. The SMILES string of the molecule is CN1CCS(=O)(=O)[C@@H]2CCCC[C@H]2C1=O. The molecule has 0 radical (unpaired) electrons. The summed E-state index contributed by atoms with van der Waals surface area (Å²) in [5.74, 6) is -0.104. The minimum absolute atomic E-state index is 0.0285. The quantitative estimate of drug-likeness (QED) is 0.607. The molecular formula is C10H17NO3S. The largest absolute Gasteiger partial charge is 0.344 e. The molecule has 0 aromatic carbocycles. The van der Waals surface area contributed by atoms with Gasteiger partial charge in [0.25, 0.3) is 0 Å². The fourth-order valence-electron chi connectivity index (χ4n) is 2.62. The first-order valence-electron chi connectivity index (χ1n) is 5.49. The predicted octanol–water partition coefficient (Wildman–Crippen LogP) is 0.432. The van der Waals surface area contributed by atoms with Crippen LogP contribution in [0.4, 0.5) is 0 Å². The Labute approximate surface area is 90.6 Å². The second-order valence-electron chi connectivity index (χ2n) is 4.56. The molecule has 2 fully saturated rings. The summed E-state index contributed by atoms with van der Waals surface area (Å²) in [6.45, 7) is 0.355. The number of hydrogen-bond acceptors (Lipinski definition) is 3. The van der Waals surface area contributed by atoms with Crippen molar-refractivity contribution in [3.8, 4) is 0 Å². The van der Waals surface area contributed by atoms with Crippen molar-refractivity contribution >= 4 is 15.7 Å². The molecule has 15 heavy (non-hydrogen) atoms. The molecule has 0 bridgehead atoms. The van der Waals surface area contributed by atoms with E-state index in [4.69, 9.17) is 0 Å². The number of carbonyl (C=O) groups excluding carboxylic acids is 1. The lowest BCUT2D eigenvalue weighted by Gasteiger charge is -2.28. The molecule has 0 aromatic heterocycles. The normalized spacial score (nSPS) is 35.8. The van der Waals surface area contributed by atoms with Crippen molar-refractivity contribution in [2.24, 2.45) is 5.92 Å². The molecule has 0 spiro atoms. The Kier molecular flexibility index (Phi) is 2.75. The number of sulfone groups is 1. The molecule has 4 nitrogen and oxygen atoms in total. The highest BCUT2D eigenvalue weighted by molar-refractivity contribution is 7.92. The Morgan fingerprint density at radius 2 is 1.93 bits per heavy atom. The van der Waals surface area contributed by atoms with E-state index in [2.05, 4.69) is 0 Å². The fourth-order valence-corrected chi connectivity index (χ4v) is 4.73. The minimum Gasteiger partial charge on any atom is -0.344 e. The van der Waals surface area contributed by atoms with Gasteiger partial charge in [-0.3, -0.25) is 4.79 Å². The number of nitrogens with zero attached hydrogens (tertiary/aromatic N) is 1. The van der Waals surface area contributed by atoms with E-state index in [1.807, 2.05) is 0 Å². The summed E-state index contributed by atoms with van der Waals surface area (Å²) in [6.07, 6.45) is 3.34. The van der Waals surface area contributed by atoms with Crippen LogP contribution in [-0.4, -0.2) is 43.8 Å². The highest BCUT2D eigenvalue weighted by Gasteiger charge is 2.42. The fraction of sp³-hybridized carbons (Fsp3) is 0.900. The van der Waals surface area contributed by atoms with Crippen LogP contribution in [-0.2, 0) is 14.6 Å². The van der Waals surface area contributed by atoms with Crippen LogP contribution in [0.2, 0.25) is 0 Å². The molecule has 1 saturated heterocycles. The van der Waals surface area contributed by atoms with Crippen LogP contribution in [0, 0.1) is 5.92 Å². The Morgan fingerprint density at radius 1 is 1.27 bits per heavy atom. The van der Waals surface area contributed by atoms with E-state index in [1.54, 1.807) is 11.9 Å². The minimum atomic E-state index is -3.05. The van der Waals surface area contributed by atoms with Crippen LogP contribution in [0.1, 0.15) is 25.7 Å². The number of fused-ring (bicyclic) bond motifs is 1. The maximum absolute atomic E-state index is 11.9. The molecule has 5 heteroatoms. The standard InChI is InChI=1S/C10H17NO3S/c1-11-6-7-15(13,14)9-5-3-2-4-8(9)10(11)12/h8-9H,2-7H2,1H3/t8-,9-/m1/s1. The number of carbonyl (C=O) groups is 1. The van der Waals surface area contributed by atoms with Gasteiger partial charge in [-0.1, -0.05) is 12.8 Å². The first-order valence-corrected chi connectivity index (χ1v) is 7.20. The van der Waals surface area contributed by atoms with Crippen LogP contribution in [0.5, 0.6) is 0 Å². The van der Waals surface area contributed by atoms with Crippen LogP contribution in [0.15, 0.2) is 0 Å². The van der Waals surface area contributed by atoms with Crippen molar-refractivity contribution in [2.45, 2.75) is 30.9 Å². The maximum Gasteiger partial charge on any atom is 0.226 e. The van der Waals surface area contributed by atoms with Crippen LogP contribution < -0.4 is 0 Å². The highest BCUT2D eigenvalue weighted by Crippen LogP contribution is 2.33. The van der Waals surface area contributed by atoms with E-state index < -0.39 is 15.1 Å². The van der Waals surface area contributed by atoms with E-state index in [1.165, 1.54) is 0 Å². The zero-order valence-electron chi connectivity index (χ0n) is 8.98. The summed E-state index contributed by atoms with van der Waals surface area (Å²) < 4.78 is 23.9. The van der Waals surface area contributed by atoms with Gasteiger partial charge in [0.15, 0.2) is 9.84 Å². The molecule has 0 unspecified atom stereocenters. The van der Waals surface area contributed by atoms with Gasteiger partial charge < -0.3 is 4.90 Å². The number of rotatable bonds is 0. The van der Waals surface area contributed by atoms with Gasteiger partial charge in [-0.25, -0.2) is 8.42 Å². The molecule has 2 aliphatic rings. The summed E-state index contributed by atoms with van der Waals surface area (Å²) in [5, 5.41) is -0.399. The lowest BCUT2D eigenvalue weighted by Crippen LogP contribution is -2.39. The van der Waals surface area contributed by atoms with Gasteiger partial charge in [-0.05, 0) is 12.8 Å². The molecule has 1 aliphatic heterocycles. The Bertz CT molecular complexity index is 363. The summed E-state index contributed by atoms with van der Waals surface area (Å²) in [6, 6.07) is 0. The van der Waals surface area contributed by atoms with E-state index in [-0.39, 0.29) is 17.6 Å². The van der Waals surface area contributed by atoms with Crippen molar-refractivity contribution in [1.82, 2.24) is 4.90 Å². The van der Waals surface area contributed by atoms with Gasteiger partial charge in [0, 0.05) is 13.6 Å². The smallest absolute Gasteiger partial charge is 0.226 e. The summed E-state index contributed by atoms with van der Waals surface area (Å²) in [5.41, 5.74) is 0. The van der Waals surface area contributed by atoms with E-state index in [0.717, 1.165) is 19.3 Å². The molecule has 0 aromatic rings. The van der Waals surface area contributed by atoms with Crippen LogP contribution in [0.3, 0.4) is 0 Å². The Morgan fingerprint density at radius 3 is 2.67 bits per heavy atom. The maximum atomic E-state index is 11.9. The first kappa shape index (κ1) is 10.9. The third-order valence-corrected chi connectivity index (χ3v) is 5.81. The molecule has 86 valence electrons. The molecule has 1 aliphatic carbocycles. The van der Waals surface area contributed by atoms with Gasteiger partial charge in [0.1, 0.15) is 0 Å². The van der Waals surface area contributed by atoms with Gasteiger partial charge in [-0.15, -0.1) is 0 Å². The van der Waals surface area contributed by atoms with Crippen LogP contribution >= 0.6 is 0 Å². The monoisotopic (exact) mass is 231 g/mol. The van der Waals surface area contributed by atoms with Crippen LogP contribution in [0.25, 0.3) is 0 Å². The van der Waals surface area contributed by atoms with Gasteiger partial charge >= 0.3 is 0 Å². The Hall–Kier alpha value is -0.580. The molecule has 1 heterocycles.